The van der Waals surface area contributed by atoms with Gasteiger partial charge >= 0.3 is 5.69 Å². The van der Waals surface area contributed by atoms with Crippen molar-refractivity contribution in [3.8, 4) is 5.75 Å². The summed E-state index contributed by atoms with van der Waals surface area (Å²) in [6.45, 7) is 0. The maximum atomic E-state index is 11.5. The molecule has 2 rings (SSSR count). The number of ketones is 1. The van der Waals surface area contributed by atoms with Crippen LogP contribution < -0.4 is 0 Å². The molecular weight excluding hydrogens is 198 g/mol. The fourth-order valence-electron chi connectivity index (χ4n) is 1.85. The summed E-state index contributed by atoms with van der Waals surface area (Å²) in [6.07, 6.45) is 1.78. The van der Waals surface area contributed by atoms with Crippen molar-refractivity contribution in [1.29, 1.82) is 0 Å². The number of nitro groups is 1. The second-order valence-corrected chi connectivity index (χ2v) is 3.50. The van der Waals surface area contributed by atoms with Crippen LogP contribution >= 0.6 is 0 Å². The Balaban J connectivity index is 2.64. The molecule has 1 aliphatic rings. The average Bonchev–Trinajstić information content (AvgIpc) is 2.17. The van der Waals surface area contributed by atoms with E-state index in [1.807, 2.05) is 0 Å². The number of phenols is 1. The monoisotopic (exact) mass is 207 g/mol. The third-order valence-corrected chi connectivity index (χ3v) is 2.57. The Hall–Kier alpha value is -1.91. The average molecular weight is 207 g/mol. The van der Waals surface area contributed by atoms with E-state index >= 15 is 0 Å². The summed E-state index contributed by atoms with van der Waals surface area (Å²) >= 11 is 0. The number of phenolic OH excluding ortho intramolecular Hbond substituents is 1. The Bertz CT molecular complexity index is 453. The number of fused-ring (bicyclic) bond motifs is 1. The Labute approximate surface area is 85.5 Å². The molecular formula is C10H9NO4. The number of rotatable bonds is 1. The highest BCUT2D eigenvalue weighted by atomic mass is 16.6. The molecule has 15 heavy (non-hydrogen) atoms. The van der Waals surface area contributed by atoms with Gasteiger partial charge in [-0.3, -0.25) is 14.9 Å². The minimum absolute atomic E-state index is 0.135. The third kappa shape index (κ3) is 1.45. The smallest absolute Gasteiger partial charge is 0.311 e. The lowest BCUT2D eigenvalue weighted by atomic mass is 9.89. The first-order valence-electron chi connectivity index (χ1n) is 4.63. The number of hydrogen-bond donors (Lipinski definition) is 1. The highest BCUT2D eigenvalue weighted by Crippen LogP contribution is 2.35. The molecule has 5 nitrogen and oxygen atoms in total. The molecule has 0 bridgehead atoms. The highest BCUT2D eigenvalue weighted by Gasteiger charge is 2.26. The molecule has 1 aliphatic carbocycles. The molecule has 0 spiro atoms. The van der Waals surface area contributed by atoms with Crippen LogP contribution in [0.15, 0.2) is 12.1 Å². The van der Waals surface area contributed by atoms with Crippen LogP contribution in [0.1, 0.15) is 28.8 Å². The van der Waals surface area contributed by atoms with Crippen molar-refractivity contribution in [1.82, 2.24) is 0 Å². The van der Waals surface area contributed by atoms with Crippen LogP contribution in [-0.2, 0) is 6.42 Å². The van der Waals surface area contributed by atoms with Gasteiger partial charge in [0.1, 0.15) is 0 Å². The fraction of sp³-hybridized carbons (Fsp3) is 0.300. The molecule has 5 heteroatoms. The summed E-state index contributed by atoms with van der Waals surface area (Å²) < 4.78 is 0. The molecule has 0 aromatic heterocycles. The first-order chi connectivity index (χ1) is 7.11. The second-order valence-electron chi connectivity index (χ2n) is 3.50. The Morgan fingerprint density at radius 3 is 2.73 bits per heavy atom. The van der Waals surface area contributed by atoms with E-state index in [9.17, 15) is 20.0 Å². The van der Waals surface area contributed by atoms with Gasteiger partial charge in [-0.25, -0.2) is 0 Å². The van der Waals surface area contributed by atoms with Crippen molar-refractivity contribution < 1.29 is 14.8 Å². The van der Waals surface area contributed by atoms with Crippen LogP contribution in [0.2, 0.25) is 0 Å². The summed E-state index contributed by atoms with van der Waals surface area (Å²) in [6, 6.07) is 2.79. The van der Waals surface area contributed by atoms with Gasteiger partial charge < -0.3 is 5.11 Å². The zero-order valence-corrected chi connectivity index (χ0v) is 7.90. The van der Waals surface area contributed by atoms with Gasteiger partial charge in [0.2, 0.25) is 5.75 Å². The number of carbonyl (C=O) groups excluding carboxylic acids is 1. The summed E-state index contributed by atoms with van der Waals surface area (Å²) in [4.78, 5) is 21.4. The molecule has 78 valence electrons. The lowest BCUT2D eigenvalue weighted by Gasteiger charge is -2.15. The predicted molar refractivity (Wildman–Crippen MR) is 52.0 cm³/mol. The molecule has 0 atom stereocenters. The first-order valence-corrected chi connectivity index (χ1v) is 4.63. The van der Waals surface area contributed by atoms with Crippen molar-refractivity contribution in [2.75, 3.05) is 0 Å². The quantitative estimate of drug-likeness (QED) is 0.562. The van der Waals surface area contributed by atoms with Crippen molar-refractivity contribution >= 4 is 11.5 Å². The summed E-state index contributed by atoms with van der Waals surface area (Å²) in [7, 11) is 0. The van der Waals surface area contributed by atoms with Gasteiger partial charge in [-0.2, -0.15) is 0 Å². The van der Waals surface area contributed by atoms with Crippen molar-refractivity contribution in [3.63, 3.8) is 0 Å². The van der Waals surface area contributed by atoms with Crippen molar-refractivity contribution in [2.24, 2.45) is 0 Å². The summed E-state index contributed by atoms with van der Waals surface area (Å²) in [5, 5.41) is 20.2. The number of nitrogens with zero attached hydrogens (tertiary/aromatic N) is 1. The Kier molecular flexibility index (Phi) is 2.15. The van der Waals surface area contributed by atoms with E-state index in [-0.39, 0.29) is 11.3 Å². The standard InChI is InChI=1S/C10H9NO4/c12-8-3-1-2-6-4-5-7(11(14)15)10(13)9(6)8/h4-5,13H,1-3H2. The van der Waals surface area contributed by atoms with Crippen molar-refractivity contribution in [3.05, 3.63) is 33.4 Å². The first kappa shape index (κ1) is 9.64. The van der Waals surface area contributed by atoms with E-state index in [1.165, 1.54) is 6.07 Å². The summed E-state index contributed by atoms with van der Waals surface area (Å²) in [5.41, 5.74) is 0.439. The number of aryl methyl sites for hydroxylation is 1. The van der Waals surface area contributed by atoms with Crippen LogP contribution in [0.3, 0.4) is 0 Å². The maximum Gasteiger partial charge on any atom is 0.311 e. The molecule has 0 saturated carbocycles. The molecule has 0 unspecified atom stereocenters. The highest BCUT2D eigenvalue weighted by molar-refractivity contribution is 6.02. The number of benzene rings is 1. The molecule has 0 radical (unpaired) electrons. The van der Waals surface area contributed by atoms with Crippen molar-refractivity contribution in [2.45, 2.75) is 19.3 Å². The van der Waals surface area contributed by atoms with Gasteiger partial charge in [-0.1, -0.05) is 6.07 Å². The lowest BCUT2D eigenvalue weighted by molar-refractivity contribution is -0.385. The van der Waals surface area contributed by atoms with Gasteiger partial charge in [0, 0.05) is 12.5 Å². The maximum absolute atomic E-state index is 11.5. The molecule has 1 aromatic carbocycles. The SMILES string of the molecule is O=C1CCCc2ccc([N+](=O)[O-])c(O)c21. The van der Waals surface area contributed by atoms with Crippen LogP contribution in [0, 0.1) is 10.1 Å². The van der Waals surface area contributed by atoms with Crippen LogP contribution in [0.25, 0.3) is 0 Å². The number of carbonyl (C=O) groups is 1. The number of nitro benzene ring substituents is 1. The molecule has 0 saturated heterocycles. The van der Waals surface area contributed by atoms with E-state index in [0.29, 0.717) is 18.4 Å². The predicted octanol–water partition coefficient (Wildman–Crippen LogP) is 1.82. The molecule has 1 aromatic rings. The minimum Gasteiger partial charge on any atom is -0.502 e. The molecule has 0 amide bonds. The largest absolute Gasteiger partial charge is 0.502 e. The molecule has 0 aliphatic heterocycles. The second kappa shape index (κ2) is 3.34. The van der Waals surface area contributed by atoms with E-state index in [1.54, 1.807) is 6.07 Å². The van der Waals surface area contributed by atoms with Gasteiger partial charge in [-0.15, -0.1) is 0 Å². The Morgan fingerprint density at radius 1 is 1.33 bits per heavy atom. The minimum atomic E-state index is -0.683. The molecule has 0 fully saturated rings. The third-order valence-electron chi connectivity index (χ3n) is 2.57. The van der Waals surface area contributed by atoms with E-state index in [0.717, 1.165) is 6.42 Å². The lowest BCUT2D eigenvalue weighted by Crippen LogP contribution is -2.11. The van der Waals surface area contributed by atoms with Gasteiger partial charge in [0.05, 0.1) is 10.5 Å². The van der Waals surface area contributed by atoms with Gasteiger partial charge in [-0.05, 0) is 18.4 Å². The molecule has 1 N–H and O–H groups in total. The fourth-order valence-corrected chi connectivity index (χ4v) is 1.85. The number of hydrogen-bond acceptors (Lipinski definition) is 4. The molecule has 0 heterocycles. The van der Waals surface area contributed by atoms with Gasteiger partial charge in [0.15, 0.2) is 5.78 Å². The van der Waals surface area contributed by atoms with Gasteiger partial charge in [0.25, 0.3) is 0 Å². The van der Waals surface area contributed by atoms with Crippen LogP contribution in [-0.4, -0.2) is 15.8 Å². The van der Waals surface area contributed by atoms with E-state index in [4.69, 9.17) is 0 Å². The number of aromatic hydroxyl groups is 1. The van der Waals surface area contributed by atoms with Crippen LogP contribution in [0.5, 0.6) is 5.75 Å². The zero-order chi connectivity index (χ0) is 11.0. The van der Waals surface area contributed by atoms with E-state index < -0.39 is 16.4 Å². The Morgan fingerprint density at radius 2 is 2.07 bits per heavy atom. The number of Topliss-reactive ketones (excluding diaryl/α,β-unsaturated/α-hetero) is 1. The topological polar surface area (TPSA) is 80.4 Å². The summed E-state index contributed by atoms with van der Waals surface area (Å²) in [5.74, 6) is -0.695. The van der Waals surface area contributed by atoms with Crippen LogP contribution in [0.4, 0.5) is 5.69 Å². The normalized spacial score (nSPS) is 14.8. The van der Waals surface area contributed by atoms with E-state index in [2.05, 4.69) is 0 Å². The zero-order valence-electron chi connectivity index (χ0n) is 7.90.